The van der Waals surface area contributed by atoms with Gasteiger partial charge in [-0.25, -0.2) is 8.42 Å². The molecular formula is C14H18N4O4S2. The minimum absolute atomic E-state index is 0.258. The van der Waals surface area contributed by atoms with Crippen LogP contribution in [0.15, 0.2) is 22.4 Å². The highest BCUT2D eigenvalue weighted by Crippen LogP contribution is 2.25. The van der Waals surface area contributed by atoms with E-state index in [-0.39, 0.29) is 16.7 Å². The lowest BCUT2D eigenvalue weighted by Crippen LogP contribution is -2.40. The first kappa shape index (κ1) is 17.1. The van der Waals surface area contributed by atoms with Crippen LogP contribution in [0.3, 0.4) is 0 Å². The normalized spacial score (nSPS) is 16.2. The molecule has 2 aromatic rings. The molecule has 0 radical (unpaired) electrons. The molecule has 0 aromatic carbocycles. The number of amides is 1. The predicted molar refractivity (Wildman–Crippen MR) is 88.4 cm³/mol. The van der Waals surface area contributed by atoms with Crippen molar-refractivity contribution in [1.82, 2.24) is 19.8 Å². The third-order valence-electron chi connectivity index (χ3n) is 3.56. The number of aromatic nitrogens is 2. The maximum Gasteiger partial charge on any atom is 0.272 e. The molecule has 8 nitrogen and oxygen atoms in total. The molecule has 2 aromatic heterocycles. The molecule has 0 spiro atoms. The molecule has 10 heteroatoms. The molecule has 1 fully saturated rings. The molecular weight excluding hydrogens is 352 g/mol. The van der Waals surface area contributed by atoms with Crippen LogP contribution < -0.4 is 5.32 Å². The average Bonchev–Trinajstić information content (AvgIpc) is 3.23. The molecule has 3 heterocycles. The van der Waals surface area contributed by atoms with Crippen molar-refractivity contribution in [2.45, 2.75) is 17.7 Å². The van der Waals surface area contributed by atoms with Crippen molar-refractivity contribution in [3.63, 3.8) is 0 Å². The summed E-state index contributed by atoms with van der Waals surface area (Å²) in [7, 11) is -3.49. The number of carbonyl (C=O) groups excluding carboxylic acids is 1. The van der Waals surface area contributed by atoms with Crippen LogP contribution >= 0.6 is 11.3 Å². The maximum absolute atomic E-state index is 12.5. The topological polar surface area (TPSA) is 104 Å². The number of hydrogen-bond donors (Lipinski definition) is 2. The molecule has 2 N–H and O–H groups in total. The summed E-state index contributed by atoms with van der Waals surface area (Å²) in [5, 5.41) is 9.32. The van der Waals surface area contributed by atoms with Crippen molar-refractivity contribution in [3.05, 3.63) is 34.5 Å². The first-order valence-corrected chi connectivity index (χ1v) is 9.69. The Balaban J connectivity index is 1.64. The quantitative estimate of drug-likeness (QED) is 0.807. The number of aryl methyl sites for hydroxylation is 1. The number of hydrogen-bond acceptors (Lipinski definition) is 6. The van der Waals surface area contributed by atoms with Crippen molar-refractivity contribution < 1.29 is 17.9 Å². The Hall–Kier alpha value is -1.75. The van der Waals surface area contributed by atoms with E-state index in [4.69, 9.17) is 4.74 Å². The number of aromatic amines is 1. The van der Waals surface area contributed by atoms with Gasteiger partial charge in [-0.3, -0.25) is 9.89 Å². The molecule has 1 amide bonds. The smallest absolute Gasteiger partial charge is 0.272 e. The molecule has 0 unspecified atom stereocenters. The predicted octanol–water partition coefficient (Wildman–Crippen LogP) is 0.731. The molecule has 0 bridgehead atoms. The van der Waals surface area contributed by atoms with Crippen molar-refractivity contribution in [2.24, 2.45) is 0 Å². The van der Waals surface area contributed by atoms with E-state index in [9.17, 15) is 13.2 Å². The Morgan fingerprint density at radius 3 is 2.83 bits per heavy atom. The Kier molecular flexibility index (Phi) is 4.99. The SMILES string of the molecule is Cc1cc(C(=O)NCc2ccc(S(=O)(=O)N3CCOCC3)s2)n[nH]1. The molecule has 24 heavy (non-hydrogen) atoms. The van der Waals surface area contributed by atoms with Gasteiger partial charge in [0.15, 0.2) is 0 Å². The zero-order valence-corrected chi connectivity index (χ0v) is 14.7. The molecule has 0 saturated carbocycles. The maximum atomic E-state index is 12.5. The number of nitrogens with one attached hydrogen (secondary N) is 2. The third-order valence-corrected chi connectivity index (χ3v) is 7.01. The summed E-state index contributed by atoms with van der Waals surface area (Å²) in [6.45, 7) is 3.63. The van der Waals surface area contributed by atoms with E-state index in [1.165, 1.54) is 4.31 Å². The highest BCUT2D eigenvalue weighted by Gasteiger charge is 2.27. The lowest BCUT2D eigenvalue weighted by molar-refractivity contribution is 0.0731. The second-order valence-electron chi connectivity index (χ2n) is 5.36. The molecule has 1 aliphatic heterocycles. The van der Waals surface area contributed by atoms with E-state index in [0.29, 0.717) is 32.0 Å². The van der Waals surface area contributed by atoms with Crippen LogP contribution in [0, 0.1) is 6.92 Å². The summed E-state index contributed by atoms with van der Waals surface area (Å²) in [5.41, 5.74) is 1.11. The summed E-state index contributed by atoms with van der Waals surface area (Å²) < 4.78 is 32.0. The summed E-state index contributed by atoms with van der Waals surface area (Å²) in [4.78, 5) is 12.7. The van der Waals surface area contributed by atoms with Crippen LogP contribution in [0.5, 0.6) is 0 Å². The number of sulfonamides is 1. The van der Waals surface area contributed by atoms with Gasteiger partial charge in [0, 0.05) is 23.7 Å². The zero-order chi connectivity index (χ0) is 17.2. The standard InChI is InChI=1S/C14H18N4O4S2/c1-10-8-12(17-16-10)14(19)15-9-11-2-3-13(23-11)24(20,21)18-4-6-22-7-5-18/h2-3,8H,4-7,9H2,1H3,(H,15,19)(H,16,17). The van der Waals surface area contributed by atoms with Gasteiger partial charge in [0.25, 0.3) is 15.9 Å². The van der Waals surface area contributed by atoms with Gasteiger partial charge in [-0.15, -0.1) is 11.3 Å². The summed E-state index contributed by atoms with van der Waals surface area (Å²) in [6, 6.07) is 4.95. The fourth-order valence-electron chi connectivity index (χ4n) is 2.30. The van der Waals surface area contributed by atoms with Crippen LogP contribution in [-0.4, -0.2) is 55.1 Å². The van der Waals surface area contributed by atoms with Crippen LogP contribution in [0.2, 0.25) is 0 Å². The summed E-state index contributed by atoms with van der Waals surface area (Å²) in [6.07, 6.45) is 0. The van der Waals surface area contributed by atoms with E-state index in [1.54, 1.807) is 18.2 Å². The lowest BCUT2D eigenvalue weighted by atomic mass is 10.3. The highest BCUT2D eigenvalue weighted by atomic mass is 32.2. The van der Waals surface area contributed by atoms with Gasteiger partial charge < -0.3 is 10.1 Å². The minimum atomic E-state index is -3.49. The first-order chi connectivity index (χ1) is 11.5. The van der Waals surface area contributed by atoms with Gasteiger partial charge in [0.2, 0.25) is 0 Å². The van der Waals surface area contributed by atoms with E-state index in [1.807, 2.05) is 6.92 Å². The molecule has 3 rings (SSSR count). The number of morpholine rings is 1. The highest BCUT2D eigenvalue weighted by molar-refractivity contribution is 7.91. The van der Waals surface area contributed by atoms with Crippen LogP contribution in [0.25, 0.3) is 0 Å². The third kappa shape index (κ3) is 3.66. The number of nitrogens with zero attached hydrogens (tertiary/aromatic N) is 2. The van der Waals surface area contributed by atoms with Gasteiger partial charge in [0.1, 0.15) is 9.90 Å². The van der Waals surface area contributed by atoms with Crippen molar-refractivity contribution in [2.75, 3.05) is 26.3 Å². The Morgan fingerprint density at radius 1 is 1.42 bits per heavy atom. The van der Waals surface area contributed by atoms with E-state index in [2.05, 4.69) is 15.5 Å². The van der Waals surface area contributed by atoms with E-state index < -0.39 is 10.0 Å². The largest absolute Gasteiger partial charge is 0.379 e. The van der Waals surface area contributed by atoms with Gasteiger partial charge in [-0.1, -0.05) is 0 Å². The minimum Gasteiger partial charge on any atom is -0.379 e. The van der Waals surface area contributed by atoms with Crippen LogP contribution in [-0.2, 0) is 21.3 Å². The second-order valence-corrected chi connectivity index (χ2v) is 8.69. The molecule has 1 saturated heterocycles. The summed E-state index contributed by atoms with van der Waals surface area (Å²) in [5.74, 6) is -0.301. The van der Waals surface area contributed by atoms with E-state index in [0.717, 1.165) is 21.9 Å². The van der Waals surface area contributed by atoms with Crippen LogP contribution in [0.1, 0.15) is 21.1 Å². The molecule has 130 valence electrons. The summed E-state index contributed by atoms with van der Waals surface area (Å²) >= 11 is 1.16. The Bertz CT molecular complexity index is 821. The molecule has 0 atom stereocenters. The monoisotopic (exact) mass is 370 g/mol. The number of thiophene rings is 1. The Labute approximate surface area is 143 Å². The number of H-pyrrole nitrogens is 1. The molecule has 1 aliphatic rings. The number of carbonyl (C=O) groups is 1. The van der Waals surface area contributed by atoms with Crippen molar-refractivity contribution in [1.29, 1.82) is 0 Å². The van der Waals surface area contributed by atoms with Gasteiger partial charge in [0.05, 0.1) is 19.8 Å². The fourth-order valence-corrected chi connectivity index (χ4v) is 5.16. The van der Waals surface area contributed by atoms with Gasteiger partial charge in [-0.05, 0) is 25.1 Å². The first-order valence-electron chi connectivity index (χ1n) is 7.43. The van der Waals surface area contributed by atoms with Crippen LogP contribution in [0.4, 0.5) is 0 Å². The average molecular weight is 370 g/mol. The van der Waals surface area contributed by atoms with Gasteiger partial charge >= 0.3 is 0 Å². The number of rotatable bonds is 5. The van der Waals surface area contributed by atoms with Crippen molar-refractivity contribution in [3.8, 4) is 0 Å². The van der Waals surface area contributed by atoms with Gasteiger partial charge in [-0.2, -0.15) is 9.40 Å². The van der Waals surface area contributed by atoms with E-state index >= 15 is 0 Å². The lowest BCUT2D eigenvalue weighted by Gasteiger charge is -2.25. The zero-order valence-electron chi connectivity index (χ0n) is 13.1. The molecule has 0 aliphatic carbocycles. The van der Waals surface area contributed by atoms with Crippen molar-refractivity contribution >= 4 is 27.3 Å². The fraction of sp³-hybridized carbons (Fsp3) is 0.429. The Morgan fingerprint density at radius 2 is 2.17 bits per heavy atom. The number of ether oxygens (including phenoxy) is 1. The second kappa shape index (κ2) is 7.01.